The van der Waals surface area contributed by atoms with E-state index in [4.69, 9.17) is 9.63 Å². The molecular formula is C10H16N2O3S2. The minimum absolute atomic E-state index is 0.0549. The van der Waals surface area contributed by atoms with Gasteiger partial charge in [0.15, 0.2) is 5.82 Å². The monoisotopic (exact) mass is 276 g/mol. The molecule has 0 aliphatic carbocycles. The molecule has 5 nitrogen and oxygen atoms in total. The van der Waals surface area contributed by atoms with E-state index in [0.717, 1.165) is 12.2 Å². The smallest absolute Gasteiger partial charge is 0.313 e. The van der Waals surface area contributed by atoms with Gasteiger partial charge in [-0.3, -0.25) is 4.79 Å². The Labute approximate surface area is 109 Å². The molecule has 1 unspecified atom stereocenters. The van der Waals surface area contributed by atoms with Crippen molar-refractivity contribution in [3.63, 3.8) is 0 Å². The van der Waals surface area contributed by atoms with Crippen LogP contribution in [0.25, 0.3) is 0 Å². The van der Waals surface area contributed by atoms with Crippen molar-refractivity contribution in [2.75, 3.05) is 5.75 Å². The Bertz CT molecular complexity index is 357. The molecular weight excluding hydrogens is 260 g/mol. The van der Waals surface area contributed by atoms with Gasteiger partial charge in [0.05, 0.1) is 17.3 Å². The number of aliphatic carboxylic acids is 1. The van der Waals surface area contributed by atoms with Crippen molar-refractivity contribution in [1.29, 1.82) is 0 Å². The molecule has 96 valence electrons. The van der Waals surface area contributed by atoms with Crippen LogP contribution in [-0.4, -0.2) is 32.2 Å². The van der Waals surface area contributed by atoms with Crippen LogP contribution >= 0.6 is 23.5 Å². The summed E-state index contributed by atoms with van der Waals surface area (Å²) in [4.78, 5) is 14.5. The molecule has 1 atom stereocenters. The molecule has 0 bridgehead atoms. The van der Waals surface area contributed by atoms with Crippen molar-refractivity contribution >= 4 is 29.5 Å². The maximum absolute atomic E-state index is 10.3. The third-order valence-corrected chi connectivity index (χ3v) is 4.26. The Kier molecular flexibility index (Phi) is 6.43. The van der Waals surface area contributed by atoms with Gasteiger partial charge in [0.25, 0.3) is 0 Å². The van der Waals surface area contributed by atoms with Crippen LogP contribution in [0.15, 0.2) is 4.52 Å². The molecule has 1 N–H and O–H groups in total. The quantitative estimate of drug-likeness (QED) is 0.781. The molecule has 1 rings (SSSR count). The van der Waals surface area contributed by atoms with E-state index >= 15 is 0 Å². The first kappa shape index (κ1) is 14.4. The molecule has 1 heterocycles. The summed E-state index contributed by atoms with van der Waals surface area (Å²) in [5, 5.41) is 12.9. The number of hydrogen-bond donors (Lipinski definition) is 1. The lowest BCUT2D eigenvalue weighted by atomic mass is 10.4. The zero-order valence-electron chi connectivity index (χ0n) is 9.88. The van der Waals surface area contributed by atoms with E-state index in [0.29, 0.717) is 22.7 Å². The van der Waals surface area contributed by atoms with Crippen LogP contribution in [0.1, 0.15) is 32.0 Å². The van der Waals surface area contributed by atoms with Crippen molar-refractivity contribution in [3.05, 3.63) is 11.7 Å². The fourth-order valence-corrected chi connectivity index (χ4v) is 2.32. The van der Waals surface area contributed by atoms with Gasteiger partial charge in [-0.2, -0.15) is 16.7 Å². The third kappa shape index (κ3) is 5.97. The predicted molar refractivity (Wildman–Crippen MR) is 69.1 cm³/mol. The maximum Gasteiger partial charge on any atom is 0.313 e. The Balaban J connectivity index is 2.29. The van der Waals surface area contributed by atoms with Crippen LogP contribution in [0, 0.1) is 0 Å². The number of carboxylic acids is 1. The second kappa shape index (κ2) is 7.60. The number of carboxylic acid groups (broad SMARTS) is 1. The van der Waals surface area contributed by atoms with Crippen LogP contribution in [0.5, 0.6) is 0 Å². The second-order valence-corrected chi connectivity index (χ2v) is 5.93. The predicted octanol–water partition coefficient (Wildman–Crippen LogP) is 2.42. The van der Waals surface area contributed by atoms with Gasteiger partial charge in [0, 0.05) is 5.25 Å². The molecule has 1 aromatic heterocycles. The zero-order chi connectivity index (χ0) is 12.7. The van der Waals surface area contributed by atoms with Gasteiger partial charge < -0.3 is 9.63 Å². The van der Waals surface area contributed by atoms with Crippen molar-refractivity contribution in [2.24, 2.45) is 0 Å². The highest BCUT2D eigenvalue weighted by Crippen LogP contribution is 2.18. The summed E-state index contributed by atoms with van der Waals surface area (Å²) < 4.78 is 5.02. The minimum atomic E-state index is -0.831. The fraction of sp³-hybridized carbons (Fsp3) is 0.700. The van der Waals surface area contributed by atoms with Gasteiger partial charge in [-0.1, -0.05) is 19.0 Å². The van der Waals surface area contributed by atoms with Crippen molar-refractivity contribution in [1.82, 2.24) is 10.1 Å². The largest absolute Gasteiger partial charge is 0.481 e. The average molecular weight is 276 g/mol. The SMILES string of the molecule is CCC(C)SCc1noc(CSCC(=O)O)n1. The first-order valence-electron chi connectivity index (χ1n) is 5.34. The van der Waals surface area contributed by atoms with Gasteiger partial charge in [0.1, 0.15) is 0 Å². The van der Waals surface area contributed by atoms with E-state index in [1.165, 1.54) is 11.8 Å². The third-order valence-electron chi connectivity index (χ3n) is 2.03. The highest BCUT2D eigenvalue weighted by Gasteiger charge is 2.09. The minimum Gasteiger partial charge on any atom is -0.481 e. The van der Waals surface area contributed by atoms with Crippen molar-refractivity contribution in [3.8, 4) is 0 Å². The van der Waals surface area contributed by atoms with E-state index in [1.807, 2.05) is 0 Å². The van der Waals surface area contributed by atoms with Gasteiger partial charge in [0.2, 0.25) is 5.89 Å². The summed E-state index contributed by atoms with van der Waals surface area (Å²) in [6, 6.07) is 0. The number of thioether (sulfide) groups is 2. The topological polar surface area (TPSA) is 76.2 Å². The lowest BCUT2D eigenvalue weighted by molar-refractivity contribution is -0.133. The summed E-state index contributed by atoms with van der Waals surface area (Å²) in [7, 11) is 0. The Hall–Kier alpha value is -0.690. The molecule has 0 aromatic carbocycles. The van der Waals surface area contributed by atoms with Gasteiger partial charge in [-0.15, -0.1) is 11.8 Å². The highest BCUT2D eigenvalue weighted by molar-refractivity contribution is 7.99. The molecule has 0 saturated carbocycles. The highest BCUT2D eigenvalue weighted by atomic mass is 32.2. The maximum atomic E-state index is 10.3. The molecule has 0 spiro atoms. The molecule has 0 aliphatic heterocycles. The fourth-order valence-electron chi connectivity index (χ4n) is 0.968. The molecule has 7 heteroatoms. The summed E-state index contributed by atoms with van der Waals surface area (Å²) >= 11 is 3.04. The number of nitrogens with zero attached hydrogens (tertiary/aromatic N) is 2. The lowest BCUT2D eigenvalue weighted by Gasteiger charge is -2.04. The number of hydrogen-bond acceptors (Lipinski definition) is 6. The number of rotatable bonds is 8. The van der Waals surface area contributed by atoms with E-state index < -0.39 is 5.97 Å². The van der Waals surface area contributed by atoms with Crippen molar-refractivity contribution in [2.45, 2.75) is 37.0 Å². The summed E-state index contributed by atoms with van der Waals surface area (Å²) in [5.74, 6) is 1.59. The molecule has 0 aliphatic rings. The van der Waals surface area contributed by atoms with E-state index in [1.54, 1.807) is 11.8 Å². The summed E-state index contributed by atoms with van der Waals surface area (Å²) in [5.41, 5.74) is 0. The number of carbonyl (C=O) groups is 1. The van der Waals surface area contributed by atoms with E-state index in [9.17, 15) is 4.79 Å². The molecule has 1 aromatic rings. The van der Waals surface area contributed by atoms with Crippen LogP contribution in [0.4, 0.5) is 0 Å². The van der Waals surface area contributed by atoms with E-state index in [-0.39, 0.29) is 5.75 Å². The molecule has 0 fully saturated rings. The van der Waals surface area contributed by atoms with Crippen LogP contribution in [-0.2, 0) is 16.3 Å². The van der Waals surface area contributed by atoms with Gasteiger partial charge in [-0.25, -0.2) is 0 Å². The van der Waals surface area contributed by atoms with E-state index in [2.05, 4.69) is 24.0 Å². The summed E-state index contributed by atoms with van der Waals surface area (Å²) in [6.07, 6.45) is 1.11. The second-order valence-electron chi connectivity index (χ2n) is 3.52. The van der Waals surface area contributed by atoms with Crippen molar-refractivity contribution < 1.29 is 14.4 Å². The standard InChI is InChI=1S/C10H16N2O3S2/c1-3-7(2)17-4-8-11-9(15-12-8)5-16-6-10(13)14/h7H,3-6H2,1-2H3,(H,13,14). The first-order valence-corrected chi connectivity index (χ1v) is 7.54. The lowest BCUT2D eigenvalue weighted by Crippen LogP contribution is -1.98. The Morgan fingerprint density at radius 2 is 2.29 bits per heavy atom. The normalized spacial score (nSPS) is 12.6. The average Bonchev–Trinajstić information content (AvgIpc) is 2.73. The molecule has 17 heavy (non-hydrogen) atoms. The van der Waals surface area contributed by atoms with Crippen LogP contribution in [0.3, 0.4) is 0 Å². The van der Waals surface area contributed by atoms with Crippen LogP contribution < -0.4 is 0 Å². The Morgan fingerprint density at radius 1 is 1.53 bits per heavy atom. The molecule has 0 amide bonds. The molecule has 0 radical (unpaired) electrons. The number of aromatic nitrogens is 2. The Morgan fingerprint density at radius 3 is 2.94 bits per heavy atom. The first-order chi connectivity index (χ1) is 8.11. The van der Waals surface area contributed by atoms with Gasteiger partial charge >= 0.3 is 5.97 Å². The zero-order valence-corrected chi connectivity index (χ0v) is 11.5. The van der Waals surface area contributed by atoms with Crippen LogP contribution in [0.2, 0.25) is 0 Å². The summed E-state index contributed by atoms with van der Waals surface area (Å²) in [6.45, 7) is 4.30. The van der Waals surface area contributed by atoms with Gasteiger partial charge in [-0.05, 0) is 6.42 Å². The molecule has 0 saturated heterocycles.